The Labute approximate surface area is 100 Å². The number of aromatic nitrogens is 2. The third-order valence-electron chi connectivity index (χ3n) is 2.60. The topological polar surface area (TPSA) is 64.5 Å². The van der Waals surface area contributed by atoms with Gasteiger partial charge in [0.15, 0.2) is 0 Å². The summed E-state index contributed by atoms with van der Waals surface area (Å²) in [6.45, 7) is 2.77. The molecule has 2 N–H and O–H groups in total. The molecule has 0 aliphatic heterocycles. The molecule has 1 atom stereocenters. The molecule has 1 aromatic heterocycles. The maximum absolute atomic E-state index is 8.80. The number of nitriles is 1. The van der Waals surface area contributed by atoms with Crippen molar-refractivity contribution in [1.82, 2.24) is 15.3 Å². The van der Waals surface area contributed by atoms with Gasteiger partial charge in [-0.25, -0.2) is 4.98 Å². The summed E-state index contributed by atoms with van der Waals surface area (Å²) in [7, 11) is 0. The average molecular weight is 226 g/mol. The zero-order valence-electron chi connectivity index (χ0n) is 9.64. The van der Waals surface area contributed by atoms with Crippen LogP contribution in [0.25, 0.3) is 0 Å². The number of nitrogens with zero attached hydrogens (tertiary/aromatic N) is 2. The summed E-state index contributed by atoms with van der Waals surface area (Å²) in [4.78, 5) is 7.26. The van der Waals surface area contributed by atoms with E-state index in [2.05, 4.69) is 21.4 Å². The predicted molar refractivity (Wildman–Crippen MR) is 65.0 cm³/mol. The second-order valence-electron chi connectivity index (χ2n) is 3.89. The lowest BCUT2D eigenvalue weighted by molar-refractivity contribution is 0.551. The number of hydrogen-bond acceptors (Lipinski definition) is 3. The summed E-state index contributed by atoms with van der Waals surface area (Å²) < 4.78 is 0. The molecular formula is C13H14N4. The second-order valence-corrected chi connectivity index (χ2v) is 3.89. The van der Waals surface area contributed by atoms with Crippen LogP contribution < -0.4 is 5.32 Å². The molecule has 2 rings (SSSR count). The number of aromatic amines is 1. The first-order valence-corrected chi connectivity index (χ1v) is 5.51. The van der Waals surface area contributed by atoms with Crippen LogP contribution in [-0.4, -0.2) is 9.97 Å². The number of nitrogens with one attached hydrogen (secondary N) is 2. The van der Waals surface area contributed by atoms with Gasteiger partial charge in [0.1, 0.15) is 5.82 Å². The quantitative estimate of drug-likeness (QED) is 0.839. The first-order valence-electron chi connectivity index (χ1n) is 5.51. The summed E-state index contributed by atoms with van der Waals surface area (Å²) in [5, 5.41) is 12.2. The zero-order valence-corrected chi connectivity index (χ0v) is 9.64. The van der Waals surface area contributed by atoms with Crippen molar-refractivity contribution < 1.29 is 0 Å². The van der Waals surface area contributed by atoms with E-state index in [0.29, 0.717) is 5.56 Å². The molecule has 0 aliphatic carbocycles. The highest BCUT2D eigenvalue weighted by molar-refractivity contribution is 5.32. The van der Waals surface area contributed by atoms with Crippen molar-refractivity contribution in [2.75, 3.05) is 0 Å². The molecule has 0 spiro atoms. The molecule has 0 bridgehead atoms. The van der Waals surface area contributed by atoms with Crippen LogP contribution in [0.5, 0.6) is 0 Å². The van der Waals surface area contributed by atoms with E-state index in [1.165, 1.54) is 0 Å². The molecule has 1 unspecified atom stereocenters. The van der Waals surface area contributed by atoms with Crippen molar-refractivity contribution in [2.24, 2.45) is 0 Å². The predicted octanol–water partition coefficient (Wildman–Crippen LogP) is 2.13. The minimum absolute atomic E-state index is 0.163. The average Bonchev–Trinajstić information content (AvgIpc) is 2.90. The fraction of sp³-hybridized carbons (Fsp3) is 0.231. The molecule has 1 aromatic carbocycles. The molecular weight excluding hydrogens is 212 g/mol. The standard InChI is InChI=1S/C13H14N4/c1-10(13-15-5-6-16-13)17-9-12-4-2-3-11(7-12)8-14/h2-7,10,17H,9H2,1H3,(H,15,16). The van der Waals surface area contributed by atoms with Gasteiger partial charge in [-0.15, -0.1) is 0 Å². The molecule has 0 aliphatic rings. The van der Waals surface area contributed by atoms with E-state index in [1.807, 2.05) is 31.3 Å². The second kappa shape index (κ2) is 5.28. The lowest BCUT2D eigenvalue weighted by atomic mass is 10.1. The van der Waals surface area contributed by atoms with Crippen molar-refractivity contribution in [3.8, 4) is 6.07 Å². The van der Waals surface area contributed by atoms with Crippen LogP contribution in [-0.2, 0) is 6.54 Å². The van der Waals surface area contributed by atoms with Crippen LogP contribution in [0.4, 0.5) is 0 Å². The Balaban J connectivity index is 1.96. The smallest absolute Gasteiger partial charge is 0.122 e. The highest BCUT2D eigenvalue weighted by Gasteiger charge is 2.06. The van der Waals surface area contributed by atoms with Crippen LogP contribution >= 0.6 is 0 Å². The number of benzene rings is 1. The van der Waals surface area contributed by atoms with E-state index in [-0.39, 0.29) is 6.04 Å². The van der Waals surface area contributed by atoms with Crippen LogP contribution in [0, 0.1) is 11.3 Å². The van der Waals surface area contributed by atoms with Crippen molar-refractivity contribution in [1.29, 1.82) is 5.26 Å². The van der Waals surface area contributed by atoms with E-state index in [9.17, 15) is 0 Å². The first-order chi connectivity index (χ1) is 8.29. The number of rotatable bonds is 4. The first kappa shape index (κ1) is 11.4. The van der Waals surface area contributed by atoms with Gasteiger partial charge in [-0.1, -0.05) is 12.1 Å². The van der Waals surface area contributed by atoms with Crippen LogP contribution in [0.1, 0.15) is 29.9 Å². The normalized spacial score (nSPS) is 12.0. The largest absolute Gasteiger partial charge is 0.347 e. The van der Waals surface area contributed by atoms with Gasteiger partial charge < -0.3 is 10.3 Å². The molecule has 4 heteroatoms. The molecule has 1 heterocycles. The number of hydrogen-bond donors (Lipinski definition) is 2. The molecule has 4 nitrogen and oxygen atoms in total. The highest BCUT2D eigenvalue weighted by Crippen LogP contribution is 2.08. The molecule has 17 heavy (non-hydrogen) atoms. The Hall–Kier alpha value is -2.12. The SMILES string of the molecule is CC(NCc1cccc(C#N)c1)c1ncc[nH]1. The van der Waals surface area contributed by atoms with Crippen molar-refractivity contribution in [3.05, 3.63) is 53.6 Å². The molecule has 0 fully saturated rings. The monoisotopic (exact) mass is 226 g/mol. The van der Waals surface area contributed by atoms with E-state index in [0.717, 1.165) is 17.9 Å². The summed E-state index contributed by atoms with van der Waals surface area (Å²) in [5.74, 6) is 0.918. The van der Waals surface area contributed by atoms with E-state index >= 15 is 0 Å². The third-order valence-corrected chi connectivity index (χ3v) is 2.60. The summed E-state index contributed by atoms with van der Waals surface area (Å²) in [6.07, 6.45) is 3.55. The highest BCUT2D eigenvalue weighted by atomic mass is 15.0. The van der Waals surface area contributed by atoms with Gasteiger partial charge in [-0.3, -0.25) is 0 Å². The molecule has 86 valence electrons. The van der Waals surface area contributed by atoms with Gasteiger partial charge >= 0.3 is 0 Å². The fourth-order valence-electron chi connectivity index (χ4n) is 1.63. The Bertz CT molecular complexity index is 510. The van der Waals surface area contributed by atoms with Crippen LogP contribution in [0.15, 0.2) is 36.7 Å². The van der Waals surface area contributed by atoms with Gasteiger partial charge in [0, 0.05) is 18.9 Å². The maximum Gasteiger partial charge on any atom is 0.122 e. The van der Waals surface area contributed by atoms with E-state index in [1.54, 1.807) is 12.3 Å². The third kappa shape index (κ3) is 2.92. The fourth-order valence-corrected chi connectivity index (χ4v) is 1.63. The molecule has 2 aromatic rings. The van der Waals surface area contributed by atoms with E-state index in [4.69, 9.17) is 5.26 Å². The van der Waals surface area contributed by atoms with Gasteiger partial charge in [0.25, 0.3) is 0 Å². The number of imidazole rings is 1. The maximum atomic E-state index is 8.80. The zero-order chi connectivity index (χ0) is 12.1. The number of H-pyrrole nitrogens is 1. The Morgan fingerprint density at radius 2 is 2.41 bits per heavy atom. The summed E-state index contributed by atoms with van der Waals surface area (Å²) in [5.41, 5.74) is 1.79. The minimum atomic E-state index is 0.163. The van der Waals surface area contributed by atoms with Crippen LogP contribution in [0.2, 0.25) is 0 Å². The van der Waals surface area contributed by atoms with Gasteiger partial charge in [0.05, 0.1) is 17.7 Å². The van der Waals surface area contributed by atoms with Crippen molar-refractivity contribution >= 4 is 0 Å². The lowest BCUT2D eigenvalue weighted by Crippen LogP contribution is -2.19. The van der Waals surface area contributed by atoms with E-state index < -0.39 is 0 Å². The Morgan fingerprint density at radius 3 is 3.12 bits per heavy atom. The molecule has 0 amide bonds. The molecule has 0 saturated heterocycles. The minimum Gasteiger partial charge on any atom is -0.347 e. The Morgan fingerprint density at radius 1 is 1.53 bits per heavy atom. The summed E-state index contributed by atoms with van der Waals surface area (Å²) >= 11 is 0. The summed E-state index contributed by atoms with van der Waals surface area (Å²) in [6, 6.07) is 9.89. The molecule has 0 radical (unpaired) electrons. The van der Waals surface area contributed by atoms with Gasteiger partial charge in [0.2, 0.25) is 0 Å². The molecule has 0 saturated carbocycles. The Kier molecular flexibility index (Phi) is 3.53. The van der Waals surface area contributed by atoms with Crippen molar-refractivity contribution in [2.45, 2.75) is 19.5 Å². The van der Waals surface area contributed by atoms with Gasteiger partial charge in [-0.05, 0) is 24.6 Å². The lowest BCUT2D eigenvalue weighted by Gasteiger charge is -2.11. The van der Waals surface area contributed by atoms with Gasteiger partial charge in [-0.2, -0.15) is 5.26 Å². The van der Waals surface area contributed by atoms with Crippen LogP contribution in [0.3, 0.4) is 0 Å². The van der Waals surface area contributed by atoms with Crippen molar-refractivity contribution in [3.63, 3.8) is 0 Å².